The van der Waals surface area contributed by atoms with Gasteiger partial charge in [0.15, 0.2) is 0 Å². The second-order valence-electron chi connectivity index (χ2n) is 5.34. The van der Waals surface area contributed by atoms with Crippen molar-refractivity contribution in [3.8, 4) is 11.1 Å². The van der Waals surface area contributed by atoms with E-state index < -0.39 is 0 Å². The van der Waals surface area contributed by atoms with Gasteiger partial charge in [0.1, 0.15) is 0 Å². The lowest BCUT2D eigenvalue weighted by atomic mass is 9.96. The molecule has 3 aromatic carbocycles. The zero-order chi connectivity index (χ0) is 13.2. The van der Waals surface area contributed by atoms with Gasteiger partial charge in [-0.25, -0.2) is 0 Å². The Kier molecular flexibility index (Phi) is 3.08. The molecule has 0 radical (unpaired) electrons. The van der Waals surface area contributed by atoms with Crippen molar-refractivity contribution in [2.45, 2.75) is 19.8 Å². The summed E-state index contributed by atoms with van der Waals surface area (Å²) in [6, 6.07) is 24.0. The minimum Gasteiger partial charge on any atom is -0.0622 e. The van der Waals surface area contributed by atoms with E-state index in [1.807, 2.05) is 0 Å². The van der Waals surface area contributed by atoms with E-state index in [9.17, 15) is 0 Å². The quantitative estimate of drug-likeness (QED) is 0.549. The molecular weight excluding hydrogens is 228 g/mol. The highest BCUT2D eigenvalue weighted by Crippen LogP contribution is 2.26. The number of rotatable bonds is 2. The lowest BCUT2D eigenvalue weighted by Crippen LogP contribution is -1.87. The van der Waals surface area contributed by atoms with Crippen LogP contribution in [0, 0.1) is 0 Å². The second-order valence-corrected chi connectivity index (χ2v) is 5.34. The molecule has 19 heavy (non-hydrogen) atoms. The van der Waals surface area contributed by atoms with Gasteiger partial charge in [-0.1, -0.05) is 74.5 Å². The molecule has 0 heteroatoms. The molecule has 0 heterocycles. The van der Waals surface area contributed by atoms with E-state index in [0.29, 0.717) is 5.92 Å². The van der Waals surface area contributed by atoms with Gasteiger partial charge in [-0.05, 0) is 39.4 Å². The minimum absolute atomic E-state index is 0.582. The molecule has 0 aliphatic heterocycles. The summed E-state index contributed by atoms with van der Waals surface area (Å²) in [5.74, 6) is 0.582. The fraction of sp³-hybridized carbons (Fsp3) is 0.158. The van der Waals surface area contributed by atoms with Gasteiger partial charge >= 0.3 is 0 Å². The van der Waals surface area contributed by atoms with Crippen molar-refractivity contribution in [1.29, 1.82) is 0 Å². The lowest BCUT2D eigenvalue weighted by Gasteiger charge is -2.08. The molecule has 0 saturated heterocycles. The summed E-state index contributed by atoms with van der Waals surface area (Å²) in [4.78, 5) is 0. The van der Waals surface area contributed by atoms with E-state index in [0.717, 1.165) is 0 Å². The number of hydrogen-bond donors (Lipinski definition) is 0. The van der Waals surface area contributed by atoms with Crippen LogP contribution in [-0.2, 0) is 0 Å². The maximum Gasteiger partial charge on any atom is -0.0178 e. The van der Waals surface area contributed by atoms with Crippen molar-refractivity contribution in [2.24, 2.45) is 0 Å². The first kappa shape index (κ1) is 12.0. The van der Waals surface area contributed by atoms with Gasteiger partial charge in [0.05, 0.1) is 0 Å². The zero-order valence-electron chi connectivity index (χ0n) is 11.4. The molecule has 0 atom stereocenters. The maximum absolute atomic E-state index is 2.30. The van der Waals surface area contributed by atoms with Crippen LogP contribution in [0.1, 0.15) is 25.3 Å². The summed E-state index contributed by atoms with van der Waals surface area (Å²) in [5.41, 5.74) is 3.96. The molecular formula is C19H18. The topological polar surface area (TPSA) is 0 Å². The number of benzene rings is 3. The highest BCUT2D eigenvalue weighted by molar-refractivity contribution is 5.87. The van der Waals surface area contributed by atoms with Crippen molar-refractivity contribution in [2.75, 3.05) is 0 Å². The van der Waals surface area contributed by atoms with E-state index in [4.69, 9.17) is 0 Å². The summed E-state index contributed by atoms with van der Waals surface area (Å²) < 4.78 is 0. The van der Waals surface area contributed by atoms with Crippen LogP contribution in [0.3, 0.4) is 0 Å². The van der Waals surface area contributed by atoms with E-state index in [1.165, 1.54) is 27.5 Å². The molecule has 0 saturated carbocycles. The molecule has 94 valence electrons. The fourth-order valence-electron chi connectivity index (χ4n) is 2.43. The minimum atomic E-state index is 0.582. The average Bonchev–Trinajstić information content (AvgIpc) is 2.47. The molecule has 0 N–H and O–H groups in total. The van der Waals surface area contributed by atoms with Crippen molar-refractivity contribution in [1.82, 2.24) is 0 Å². The summed E-state index contributed by atoms with van der Waals surface area (Å²) in [6.07, 6.45) is 0. The highest BCUT2D eigenvalue weighted by atomic mass is 14.1. The molecule has 0 fully saturated rings. The van der Waals surface area contributed by atoms with E-state index in [1.54, 1.807) is 0 Å². The van der Waals surface area contributed by atoms with Crippen LogP contribution in [0.2, 0.25) is 0 Å². The fourth-order valence-corrected chi connectivity index (χ4v) is 2.43. The smallest absolute Gasteiger partial charge is 0.0178 e. The molecule has 3 aromatic rings. The van der Waals surface area contributed by atoms with Gasteiger partial charge in [0.25, 0.3) is 0 Å². The average molecular weight is 246 g/mol. The Morgan fingerprint density at radius 1 is 0.632 bits per heavy atom. The van der Waals surface area contributed by atoms with Crippen molar-refractivity contribution >= 4 is 10.8 Å². The van der Waals surface area contributed by atoms with E-state index >= 15 is 0 Å². The van der Waals surface area contributed by atoms with Crippen molar-refractivity contribution < 1.29 is 0 Å². The van der Waals surface area contributed by atoms with Gasteiger partial charge in [-0.3, -0.25) is 0 Å². The zero-order valence-corrected chi connectivity index (χ0v) is 11.4. The Bertz CT molecular complexity index is 694. The predicted molar refractivity (Wildman–Crippen MR) is 83.5 cm³/mol. The molecule has 3 rings (SSSR count). The first-order valence-electron chi connectivity index (χ1n) is 6.83. The Balaban J connectivity index is 2.10. The maximum atomic E-state index is 2.30. The number of fused-ring (bicyclic) bond motifs is 1. The van der Waals surface area contributed by atoms with E-state index in [-0.39, 0.29) is 0 Å². The molecule has 0 spiro atoms. The van der Waals surface area contributed by atoms with Gasteiger partial charge in [-0.15, -0.1) is 0 Å². The monoisotopic (exact) mass is 246 g/mol. The molecule has 0 aliphatic carbocycles. The summed E-state index contributed by atoms with van der Waals surface area (Å²) in [5, 5.41) is 2.64. The van der Waals surface area contributed by atoms with Crippen LogP contribution in [-0.4, -0.2) is 0 Å². The molecule has 0 unspecified atom stereocenters. The first-order chi connectivity index (χ1) is 9.24. The highest BCUT2D eigenvalue weighted by Gasteiger charge is 2.02. The Labute approximate surface area is 114 Å². The summed E-state index contributed by atoms with van der Waals surface area (Å²) >= 11 is 0. The third kappa shape index (κ3) is 2.39. The lowest BCUT2D eigenvalue weighted by molar-refractivity contribution is 0.869. The molecule has 0 bridgehead atoms. The van der Waals surface area contributed by atoms with Crippen LogP contribution in [0.4, 0.5) is 0 Å². The molecule has 0 nitrogen and oxygen atoms in total. The third-order valence-corrected chi connectivity index (χ3v) is 3.64. The standard InChI is InChI=1S/C19H18/c1-14(2)16-8-9-19-13-17(10-11-18(19)12-16)15-6-4-3-5-7-15/h3-14H,1-2H3. The first-order valence-corrected chi connectivity index (χ1v) is 6.83. The molecule has 0 aliphatic rings. The molecule has 0 aromatic heterocycles. The van der Waals surface area contributed by atoms with Gasteiger partial charge in [0, 0.05) is 0 Å². The summed E-state index contributed by atoms with van der Waals surface area (Å²) in [6.45, 7) is 4.47. The van der Waals surface area contributed by atoms with Crippen LogP contribution < -0.4 is 0 Å². The van der Waals surface area contributed by atoms with Crippen LogP contribution in [0.15, 0.2) is 66.7 Å². The van der Waals surface area contributed by atoms with Crippen molar-refractivity contribution in [3.63, 3.8) is 0 Å². The third-order valence-electron chi connectivity index (χ3n) is 3.64. The summed E-state index contributed by atoms with van der Waals surface area (Å²) in [7, 11) is 0. The van der Waals surface area contributed by atoms with Gasteiger partial charge in [-0.2, -0.15) is 0 Å². The predicted octanol–water partition coefficient (Wildman–Crippen LogP) is 5.63. The number of hydrogen-bond acceptors (Lipinski definition) is 0. The van der Waals surface area contributed by atoms with Crippen LogP contribution >= 0.6 is 0 Å². The second kappa shape index (κ2) is 4.89. The van der Waals surface area contributed by atoms with Gasteiger partial charge in [0.2, 0.25) is 0 Å². The van der Waals surface area contributed by atoms with E-state index in [2.05, 4.69) is 80.6 Å². The van der Waals surface area contributed by atoms with Crippen LogP contribution in [0.25, 0.3) is 21.9 Å². The Morgan fingerprint density at radius 2 is 1.32 bits per heavy atom. The molecule has 0 amide bonds. The Hall–Kier alpha value is -2.08. The van der Waals surface area contributed by atoms with Crippen LogP contribution in [0.5, 0.6) is 0 Å². The normalized spacial score (nSPS) is 11.1. The van der Waals surface area contributed by atoms with Crippen molar-refractivity contribution in [3.05, 3.63) is 72.3 Å². The van der Waals surface area contributed by atoms with Gasteiger partial charge < -0.3 is 0 Å². The Morgan fingerprint density at radius 3 is 2.05 bits per heavy atom. The largest absolute Gasteiger partial charge is 0.0622 e. The SMILES string of the molecule is CC(C)c1ccc2cc(-c3ccccc3)ccc2c1.